The molecule has 0 aliphatic rings. The monoisotopic (exact) mass is 265 g/mol. The van der Waals surface area contributed by atoms with Gasteiger partial charge in [0.1, 0.15) is 0 Å². The Labute approximate surface area is 114 Å². The summed E-state index contributed by atoms with van der Waals surface area (Å²) in [6.45, 7) is 5.59. The van der Waals surface area contributed by atoms with Crippen LogP contribution in [0.2, 0.25) is 0 Å². The highest BCUT2D eigenvalue weighted by molar-refractivity contribution is 5.95. The average Bonchev–Trinajstić information content (AvgIpc) is 2.40. The molecule has 0 atom stereocenters. The van der Waals surface area contributed by atoms with E-state index in [0.29, 0.717) is 12.1 Å². The van der Waals surface area contributed by atoms with E-state index in [1.165, 1.54) is 0 Å². The fourth-order valence-electron chi connectivity index (χ4n) is 1.97. The quantitative estimate of drug-likeness (QED) is 0.845. The van der Waals surface area contributed by atoms with E-state index in [1.54, 1.807) is 18.9 Å². The average molecular weight is 265 g/mol. The fraction of sp³-hybridized carbons (Fsp3) is 0.533. The number of amides is 1. The molecule has 0 saturated heterocycles. The Morgan fingerprint density at radius 3 is 2.37 bits per heavy atom. The molecule has 0 aliphatic heterocycles. The van der Waals surface area contributed by atoms with Crippen LogP contribution in [0.25, 0.3) is 0 Å². The molecule has 0 bridgehead atoms. The predicted molar refractivity (Wildman–Crippen MR) is 75.2 cm³/mol. The van der Waals surface area contributed by atoms with Gasteiger partial charge in [-0.05, 0) is 25.5 Å². The van der Waals surface area contributed by atoms with Gasteiger partial charge in [0.2, 0.25) is 0 Å². The third-order valence-electron chi connectivity index (χ3n) is 3.35. The van der Waals surface area contributed by atoms with E-state index in [2.05, 4.69) is 0 Å². The first-order chi connectivity index (χ1) is 8.83. The van der Waals surface area contributed by atoms with Gasteiger partial charge in [0, 0.05) is 24.6 Å². The predicted octanol–water partition coefficient (Wildman–Crippen LogP) is 1.37. The lowest BCUT2D eigenvalue weighted by atomic mass is 9.92. The summed E-state index contributed by atoms with van der Waals surface area (Å²) in [5.41, 5.74) is 1.95. The molecule has 4 nitrogen and oxygen atoms in total. The minimum Gasteiger partial charge on any atom is -0.396 e. The first-order valence-electron chi connectivity index (χ1n) is 6.37. The van der Waals surface area contributed by atoms with E-state index in [0.717, 1.165) is 11.1 Å². The number of benzene rings is 1. The van der Waals surface area contributed by atoms with Crippen molar-refractivity contribution in [1.82, 2.24) is 4.90 Å². The van der Waals surface area contributed by atoms with Crippen molar-refractivity contribution >= 4 is 5.91 Å². The first-order valence-corrected chi connectivity index (χ1v) is 6.37. The van der Waals surface area contributed by atoms with Crippen LogP contribution < -0.4 is 0 Å². The largest absolute Gasteiger partial charge is 0.396 e. The van der Waals surface area contributed by atoms with E-state index < -0.39 is 5.41 Å². The molecule has 1 rings (SSSR count). The SMILES string of the molecule is Cc1ccc(C)c(C(=O)N(C)CC(C)(CO)CO)c1. The van der Waals surface area contributed by atoms with Crippen molar-refractivity contribution in [3.8, 4) is 0 Å². The Bertz CT molecular complexity index is 453. The maximum absolute atomic E-state index is 12.4. The van der Waals surface area contributed by atoms with Gasteiger partial charge in [-0.15, -0.1) is 0 Å². The van der Waals surface area contributed by atoms with Crippen LogP contribution in [0.15, 0.2) is 18.2 Å². The Morgan fingerprint density at radius 2 is 1.84 bits per heavy atom. The summed E-state index contributed by atoms with van der Waals surface area (Å²) >= 11 is 0. The topological polar surface area (TPSA) is 60.8 Å². The molecule has 4 heteroatoms. The number of aliphatic hydroxyl groups is 2. The van der Waals surface area contributed by atoms with E-state index in [9.17, 15) is 15.0 Å². The zero-order chi connectivity index (χ0) is 14.6. The summed E-state index contributed by atoms with van der Waals surface area (Å²) in [4.78, 5) is 13.9. The van der Waals surface area contributed by atoms with Crippen molar-refractivity contribution in [2.75, 3.05) is 26.8 Å². The van der Waals surface area contributed by atoms with E-state index in [4.69, 9.17) is 0 Å². The zero-order valence-electron chi connectivity index (χ0n) is 12.1. The van der Waals surface area contributed by atoms with Gasteiger partial charge in [-0.2, -0.15) is 0 Å². The third-order valence-corrected chi connectivity index (χ3v) is 3.35. The number of hydrogen-bond acceptors (Lipinski definition) is 3. The van der Waals surface area contributed by atoms with E-state index in [1.807, 2.05) is 32.0 Å². The van der Waals surface area contributed by atoms with Crippen LogP contribution in [0.3, 0.4) is 0 Å². The van der Waals surface area contributed by atoms with Crippen LogP contribution in [0, 0.1) is 19.3 Å². The van der Waals surface area contributed by atoms with Gasteiger partial charge in [-0.25, -0.2) is 0 Å². The number of hydrogen-bond donors (Lipinski definition) is 2. The van der Waals surface area contributed by atoms with Crippen molar-refractivity contribution in [3.63, 3.8) is 0 Å². The Kier molecular flexibility index (Phi) is 5.09. The molecule has 2 N–H and O–H groups in total. The summed E-state index contributed by atoms with van der Waals surface area (Å²) in [6, 6.07) is 5.76. The number of carbonyl (C=O) groups is 1. The molecule has 19 heavy (non-hydrogen) atoms. The molecule has 0 aromatic heterocycles. The van der Waals surface area contributed by atoms with Gasteiger partial charge in [0.25, 0.3) is 5.91 Å². The molecular weight excluding hydrogens is 242 g/mol. The highest BCUT2D eigenvalue weighted by Gasteiger charge is 2.27. The van der Waals surface area contributed by atoms with Crippen LogP contribution in [-0.2, 0) is 0 Å². The van der Waals surface area contributed by atoms with Crippen LogP contribution in [0.4, 0.5) is 0 Å². The highest BCUT2D eigenvalue weighted by Crippen LogP contribution is 2.18. The van der Waals surface area contributed by atoms with Crippen LogP contribution >= 0.6 is 0 Å². The zero-order valence-corrected chi connectivity index (χ0v) is 12.1. The summed E-state index contributed by atoms with van der Waals surface area (Å²) in [5.74, 6) is -0.0886. The molecule has 1 amide bonds. The lowest BCUT2D eigenvalue weighted by Crippen LogP contribution is -2.41. The number of aliphatic hydroxyl groups excluding tert-OH is 2. The minimum atomic E-state index is -0.678. The molecule has 0 spiro atoms. The van der Waals surface area contributed by atoms with Gasteiger partial charge in [0.05, 0.1) is 13.2 Å². The Morgan fingerprint density at radius 1 is 1.26 bits per heavy atom. The van der Waals surface area contributed by atoms with Crippen LogP contribution in [-0.4, -0.2) is 47.8 Å². The fourth-order valence-corrected chi connectivity index (χ4v) is 1.97. The third kappa shape index (κ3) is 3.78. The Balaban J connectivity index is 2.91. The summed E-state index contributed by atoms with van der Waals surface area (Å²) in [5, 5.41) is 18.6. The lowest BCUT2D eigenvalue weighted by molar-refractivity contribution is 0.0366. The van der Waals surface area contributed by atoms with Gasteiger partial charge in [-0.1, -0.05) is 24.6 Å². The second-order valence-corrected chi connectivity index (χ2v) is 5.61. The lowest BCUT2D eigenvalue weighted by Gasteiger charge is -2.30. The first kappa shape index (κ1) is 15.7. The summed E-state index contributed by atoms with van der Waals surface area (Å²) in [6.07, 6.45) is 0. The van der Waals surface area contributed by atoms with Crippen molar-refractivity contribution in [2.24, 2.45) is 5.41 Å². The molecule has 0 radical (unpaired) electrons. The molecular formula is C15H23NO3. The molecule has 0 saturated carbocycles. The van der Waals surface area contributed by atoms with Crippen LogP contribution in [0.1, 0.15) is 28.4 Å². The highest BCUT2D eigenvalue weighted by atomic mass is 16.3. The van der Waals surface area contributed by atoms with Crippen molar-refractivity contribution in [2.45, 2.75) is 20.8 Å². The van der Waals surface area contributed by atoms with E-state index >= 15 is 0 Å². The molecule has 0 aliphatic carbocycles. The maximum atomic E-state index is 12.4. The smallest absolute Gasteiger partial charge is 0.253 e. The molecule has 106 valence electrons. The molecule has 0 heterocycles. The maximum Gasteiger partial charge on any atom is 0.253 e. The molecule has 0 fully saturated rings. The normalized spacial score (nSPS) is 11.5. The van der Waals surface area contributed by atoms with Crippen LogP contribution in [0.5, 0.6) is 0 Å². The van der Waals surface area contributed by atoms with Crippen molar-refractivity contribution in [1.29, 1.82) is 0 Å². The second kappa shape index (κ2) is 6.17. The number of carbonyl (C=O) groups excluding carboxylic acids is 1. The van der Waals surface area contributed by atoms with Gasteiger partial charge >= 0.3 is 0 Å². The van der Waals surface area contributed by atoms with E-state index in [-0.39, 0.29) is 19.1 Å². The number of rotatable bonds is 5. The van der Waals surface area contributed by atoms with Gasteiger partial charge in [0.15, 0.2) is 0 Å². The van der Waals surface area contributed by atoms with Crippen molar-refractivity contribution in [3.05, 3.63) is 34.9 Å². The van der Waals surface area contributed by atoms with Gasteiger partial charge < -0.3 is 15.1 Å². The molecule has 0 unspecified atom stereocenters. The van der Waals surface area contributed by atoms with Gasteiger partial charge in [-0.3, -0.25) is 4.79 Å². The molecule has 1 aromatic rings. The van der Waals surface area contributed by atoms with Crippen molar-refractivity contribution < 1.29 is 15.0 Å². The summed E-state index contributed by atoms with van der Waals surface area (Å²) in [7, 11) is 1.69. The summed E-state index contributed by atoms with van der Waals surface area (Å²) < 4.78 is 0. The Hall–Kier alpha value is -1.39. The number of aryl methyl sites for hydroxylation is 2. The standard InChI is InChI=1S/C15H23NO3/c1-11-5-6-12(2)13(7-11)14(19)16(4)8-15(3,9-17)10-18/h5-7,17-18H,8-10H2,1-4H3. The molecule has 1 aromatic carbocycles. The minimum absolute atomic E-state index is 0.0886. The number of nitrogens with zero attached hydrogens (tertiary/aromatic N) is 1. The second-order valence-electron chi connectivity index (χ2n) is 5.61.